The highest BCUT2D eigenvalue weighted by Gasteiger charge is 2.26. The number of rotatable bonds is 1. The highest BCUT2D eigenvalue weighted by molar-refractivity contribution is 14.1. The van der Waals surface area contributed by atoms with Gasteiger partial charge < -0.3 is 15.2 Å². The second-order valence-electron chi connectivity index (χ2n) is 5.48. The van der Waals surface area contributed by atoms with Crippen LogP contribution in [-0.2, 0) is 0 Å². The summed E-state index contributed by atoms with van der Waals surface area (Å²) in [7, 11) is 2.19. The number of halogens is 1. The Morgan fingerprint density at radius 1 is 1.42 bits per heavy atom. The molecule has 1 fully saturated rings. The fourth-order valence-electron chi connectivity index (χ4n) is 2.97. The standard InChI is InChI=1S/C14H19IN4/c1-9-7-11(5-6-18(9)2)19-13-4-3-10(15)8-12(13)17-14(19)16/h3-4,8-9,11H,5-7H2,1-2H3,(H2,16,17). The van der Waals surface area contributed by atoms with E-state index in [0.29, 0.717) is 18.0 Å². The number of hydrogen-bond acceptors (Lipinski definition) is 3. The van der Waals surface area contributed by atoms with E-state index in [1.165, 1.54) is 9.09 Å². The van der Waals surface area contributed by atoms with Crippen molar-refractivity contribution in [3.63, 3.8) is 0 Å². The molecule has 0 aliphatic carbocycles. The van der Waals surface area contributed by atoms with E-state index in [9.17, 15) is 0 Å². The van der Waals surface area contributed by atoms with Gasteiger partial charge in [-0.1, -0.05) is 0 Å². The monoisotopic (exact) mass is 370 g/mol. The first-order valence-corrected chi connectivity index (χ1v) is 7.77. The molecule has 1 saturated heterocycles. The van der Waals surface area contributed by atoms with Crippen LogP contribution < -0.4 is 5.73 Å². The van der Waals surface area contributed by atoms with Crippen molar-refractivity contribution < 1.29 is 0 Å². The number of anilines is 1. The third kappa shape index (κ3) is 2.33. The number of aromatic nitrogens is 2. The van der Waals surface area contributed by atoms with Gasteiger partial charge in [0, 0.05) is 22.2 Å². The predicted octanol–water partition coefficient (Wildman–Crippen LogP) is 2.88. The van der Waals surface area contributed by atoms with Crippen LogP contribution in [0.5, 0.6) is 0 Å². The van der Waals surface area contributed by atoms with Crippen LogP contribution in [0.15, 0.2) is 18.2 Å². The molecule has 0 amide bonds. The normalized spacial score (nSPS) is 25.0. The second kappa shape index (κ2) is 4.94. The quantitative estimate of drug-likeness (QED) is 0.786. The Balaban J connectivity index is 2.03. The van der Waals surface area contributed by atoms with E-state index in [0.717, 1.165) is 24.9 Å². The van der Waals surface area contributed by atoms with Crippen molar-refractivity contribution in [1.82, 2.24) is 14.5 Å². The molecule has 1 aliphatic heterocycles. The first kappa shape index (κ1) is 13.2. The van der Waals surface area contributed by atoms with Gasteiger partial charge >= 0.3 is 0 Å². The Hall–Kier alpha value is -0.820. The van der Waals surface area contributed by atoms with Gasteiger partial charge in [0.15, 0.2) is 0 Å². The fraction of sp³-hybridized carbons (Fsp3) is 0.500. The molecule has 102 valence electrons. The van der Waals surface area contributed by atoms with E-state index < -0.39 is 0 Å². The molecule has 19 heavy (non-hydrogen) atoms. The number of imidazole rings is 1. The molecule has 0 radical (unpaired) electrons. The number of hydrogen-bond donors (Lipinski definition) is 1. The maximum atomic E-state index is 6.15. The van der Waals surface area contributed by atoms with Crippen LogP contribution in [0.4, 0.5) is 5.95 Å². The molecule has 1 aromatic heterocycles. The number of nitrogen functional groups attached to an aromatic ring is 1. The SMILES string of the molecule is CC1CC(n2c(N)nc3cc(I)ccc32)CCN1C. The zero-order chi connectivity index (χ0) is 13.6. The van der Waals surface area contributed by atoms with Crippen molar-refractivity contribution in [3.05, 3.63) is 21.8 Å². The molecule has 1 aliphatic rings. The summed E-state index contributed by atoms with van der Waals surface area (Å²) in [4.78, 5) is 6.93. The Morgan fingerprint density at radius 2 is 2.21 bits per heavy atom. The molecule has 2 heterocycles. The summed E-state index contributed by atoms with van der Waals surface area (Å²) in [6, 6.07) is 7.43. The zero-order valence-corrected chi connectivity index (χ0v) is 13.5. The average molecular weight is 370 g/mol. The number of piperidine rings is 1. The van der Waals surface area contributed by atoms with Crippen molar-refractivity contribution in [2.45, 2.75) is 31.8 Å². The third-order valence-electron chi connectivity index (χ3n) is 4.22. The molecule has 1 aromatic carbocycles. The fourth-order valence-corrected chi connectivity index (χ4v) is 3.45. The lowest BCUT2D eigenvalue weighted by Crippen LogP contribution is -2.38. The van der Waals surface area contributed by atoms with E-state index in [1.807, 2.05) is 0 Å². The Labute approximate surface area is 127 Å². The Morgan fingerprint density at radius 3 is 2.95 bits per heavy atom. The second-order valence-corrected chi connectivity index (χ2v) is 6.73. The number of likely N-dealkylation sites (tertiary alicyclic amines) is 1. The van der Waals surface area contributed by atoms with Gasteiger partial charge in [-0.05, 0) is 67.6 Å². The smallest absolute Gasteiger partial charge is 0.201 e. The van der Waals surface area contributed by atoms with Gasteiger partial charge in [0.25, 0.3) is 0 Å². The Kier molecular flexibility index (Phi) is 3.42. The van der Waals surface area contributed by atoms with Crippen LogP contribution in [0.1, 0.15) is 25.8 Å². The van der Waals surface area contributed by atoms with Gasteiger partial charge in [-0.15, -0.1) is 0 Å². The average Bonchev–Trinajstić information content (AvgIpc) is 2.68. The van der Waals surface area contributed by atoms with Gasteiger partial charge in [0.2, 0.25) is 5.95 Å². The van der Waals surface area contributed by atoms with Crippen molar-refractivity contribution >= 4 is 39.6 Å². The summed E-state index contributed by atoms with van der Waals surface area (Å²) in [5, 5.41) is 0. The highest BCUT2D eigenvalue weighted by Crippen LogP contribution is 2.32. The lowest BCUT2D eigenvalue weighted by molar-refractivity contribution is 0.159. The molecule has 2 unspecified atom stereocenters. The highest BCUT2D eigenvalue weighted by atomic mass is 127. The minimum Gasteiger partial charge on any atom is -0.369 e. The third-order valence-corrected chi connectivity index (χ3v) is 4.90. The molecule has 0 bridgehead atoms. The van der Waals surface area contributed by atoms with Gasteiger partial charge in [-0.25, -0.2) is 4.98 Å². The first-order chi connectivity index (χ1) is 9.06. The van der Waals surface area contributed by atoms with Crippen LogP contribution in [0.3, 0.4) is 0 Å². The topological polar surface area (TPSA) is 47.1 Å². The molecule has 5 heteroatoms. The summed E-state index contributed by atoms with van der Waals surface area (Å²) in [6.45, 7) is 3.40. The largest absolute Gasteiger partial charge is 0.369 e. The van der Waals surface area contributed by atoms with E-state index >= 15 is 0 Å². The van der Waals surface area contributed by atoms with Crippen LogP contribution in [0, 0.1) is 3.57 Å². The van der Waals surface area contributed by atoms with Crippen molar-refractivity contribution in [2.75, 3.05) is 19.3 Å². The van der Waals surface area contributed by atoms with Gasteiger partial charge in [-0.3, -0.25) is 0 Å². The number of benzene rings is 1. The number of nitrogens with zero attached hydrogens (tertiary/aromatic N) is 3. The summed E-state index contributed by atoms with van der Waals surface area (Å²) < 4.78 is 3.43. The lowest BCUT2D eigenvalue weighted by atomic mass is 9.98. The summed E-state index contributed by atoms with van der Waals surface area (Å²) >= 11 is 2.31. The van der Waals surface area contributed by atoms with Crippen molar-refractivity contribution in [1.29, 1.82) is 0 Å². The molecule has 0 spiro atoms. The summed E-state index contributed by atoms with van der Waals surface area (Å²) in [5.74, 6) is 0.652. The summed E-state index contributed by atoms with van der Waals surface area (Å²) in [6.07, 6.45) is 2.28. The van der Waals surface area contributed by atoms with Crippen LogP contribution in [0.2, 0.25) is 0 Å². The van der Waals surface area contributed by atoms with Gasteiger partial charge in [0.1, 0.15) is 0 Å². The van der Waals surface area contributed by atoms with Crippen LogP contribution in [-0.4, -0.2) is 34.1 Å². The minimum absolute atomic E-state index is 0.469. The molecule has 4 nitrogen and oxygen atoms in total. The first-order valence-electron chi connectivity index (χ1n) is 6.69. The predicted molar refractivity (Wildman–Crippen MR) is 87.2 cm³/mol. The maximum absolute atomic E-state index is 6.15. The Bertz CT molecular complexity index is 607. The minimum atomic E-state index is 0.469. The van der Waals surface area contributed by atoms with E-state index in [2.05, 4.69) is 69.2 Å². The molecular formula is C14H19IN4. The van der Waals surface area contributed by atoms with Crippen molar-refractivity contribution in [3.8, 4) is 0 Å². The molecule has 2 N–H and O–H groups in total. The molecule has 0 saturated carbocycles. The molecule has 3 rings (SSSR count). The van der Waals surface area contributed by atoms with Gasteiger partial charge in [0.05, 0.1) is 11.0 Å². The maximum Gasteiger partial charge on any atom is 0.201 e. The number of fused-ring (bicyclic) bond motifs is 1. The molecular weight excluding hydrogens is 351 g/mol. The number of nitrogens with two attached hydrogens (primary N) is 1. The lowest BCUT2D eigenvalue weighted by Gasteiger charge is -2.36. The molecule has 2 aromatic rings. The van der Waals surface area contributed by atoms with E-state index in [4.69, 9.17) is 5.73 Å². The van der Waals surface area contributed by atoms with Gasteiger partial charge in [-0.2, -0.15) is 0 Å². The van der Waals surface area contributed by atoms with Crippen LogP contribution in [0.25, 0.3) is 11.0 Å². The summed E-state index contributed by atoms with van der Waals surface area (Å²) in [5.41, 5.74) is 8.33. The molecule has 2 atom stereocenters. The van der Waals surface area contributed by atoms with E-state index in [-0.39, 0.29) is 0 Å². The van der Waals surface area contributed by atoms with E-state index in [1.54, 1.807) is 0 Å². The van der Waals surface area contributed by atoms with Crippen molar-refractivity contribution in [2.24, 2.45) is 0 Å². The zero-order valence-electron chi connectivity index (χ0n) is 11.3. The van der Waals surface area contributed by atoms with Crippen LogP contribution >= 0.6 is 22.6 Å².